The summed E-state index contributed by atoms with van der Waals surface area (Å²) in [5, 5.41) is 10.7. The molecular formula is C20H23ClN4OS. The zero-order chi connectivity index (χ0) is 19.6. The van der Waals surface area contributed by atoms with Gasteiger partial charge in [-0.15, -0.1) is 11.3 Å². The second-order valence-electron chi connectivity index (χ2n) is 7.51. The predicted molar refractivity (Wildman–Crippen MR) is 112 cm³/mol. The van der Waals surface area contributed by atoms with E-state index in [0.717, 1.165) is 16.3 Å². The molecule has 0 aliphatic carbocycles. The van der Waals surface area contributed by atoms with Crippen LogP contribution in [0.15, 0.2) is 46.7 Å². The van der Waals surface area contributed by atoms with Crippen molar-refractivity contribution in [2.75, 3.05) is 5.32 Å². The topological polar surface area (TPSA) is 59.8 Å². The zero-order valence-electron chi connectivity index (χ0n) is 15.9. The SMILES string of the molecule is CC(Nc1cnn(Cc2ccccc2)c(=O)c1Cl)c1nc(C(C)(C)C)cs1. The molecule has 0 fully saturated rings. The van der Waals surface area contributed by atoms with Gasteiger partial charge in [0.1, 0.15) is 10.0 Å². The number of hydrogen-bond acceptors (Lipinski definition) is 5. The highest BCUT2D eigenvalue weighted by molar-refractivity contribution is 7.09. The number of hydrogen-bond donors (Lipinski definition) is 1. The Labute approximate surface area is 168 Å². The van der Waals surface area contributed by atoms with Crippen molar-refractivity contribution in [3.63, 3.8) is 0 Å². The fourth-order valence-corrected chi connectivity index (χ4v) is 3.81. The first-order valence-corrected chi connectivity index (χ1v) is 10.0. The normalized spacial score (nSPS) is 12.8. The smallest absolute Gasteiger partial charge is 0.287 e. The Hall–Kier alpha value is -2.18. The van der Waals surface area contributed by atoms with Crippen LogP contribution < -0.4 is 10.9 Å². The molecule has 7 heteroatoms. The number of benzene rings is 1. The van der Waals surface area contributed by atoms with Crippen LogP contribution in [0.25, 0.3) is 0 Å². The molecule has 3 rings (SSSR count). The summed E-state index contributed by atoms with van der Waals surface area (Å²) in [7, 11) is 0. The van der Waals surface area contributed by atoms with Gasteiger partial charge < -0.3 is 5.32 Å². The Morgan fingerprint density at radius 3 is 2.59 bits per heavy atom. The summed E-state index contributed by atoms with van der Waals surface area (Å²) in [5.41, 5.74) is 2.26. The van der Waals surface area contributed by atoms with Gasteiger partial charge in [-0.25, -0.2) is 9.67 Å². The van der Waals surface area contributed by atoms with E-state index in [2.05, 4.69) is 36.6 Å². The van der Waals surface area contributed by atoms with Crippen LogP contribution in [-0.4, -0.2) is 14.8 Å². The molecule has 0 aliphatic rings. The number of nitrogens with zero attached hydrogens (tertiary/aromatic N) is 3. The third-order valence-corrected chi connectivity index (χ3v) is 5.59. The van der Waals surface area contributed by atoms with E-state index in [1.54, 1.807) is 17.5 Å². The fourth-order valence-electron chi connectivity index (χ4n) is 2.56. The minimum absolute atomic E-state index is 0.00554. The van der Waals surface area contributed by atoms with E-state index in [-0.39, 0.29) is 22.0 Å². The minimum atomic E-state index is -0.313. The van der Waals surface area contributed by atoms with Crippen LogP contribution in [0.2, 0.25) is 5.02 Å². The van der Waals surface area contributed by atoms with Crippen molar-refractivity contribution < 1.29 is 0 Å². The molecule has 1 N–H and O–H groups in total. The first-order valence-electron chi connectivity index (χ1n) is 8.77. The van der Waals surface area contributed by atoms with Crippen molar-refractivity contribution in [3.8, 4) is 0 Å². The largest absolute Gasteiger partial charge is 0.373 e. The number of rotatable bonds is 5. The molecule has 0 spiro atoms. The maximum absolute atomic E-state index is 12.6. The number of halogens is 1. The highest BCUT2D eigenvalue weighted by Crippen LogP contribution is 2.29. The lowest BCUT2D eigenvalue weighted by Crippen LogP contribution is -2.25. The van der Waals surface area contributed by atoms with Gasteiger partial charge in [0.15, 0.2) is 0 Å². The van der Waals surface area contributed by atoms with Gasteiger partial charge in [-0.1, -0.05) is 62.7 Å². The molecular weight excluding hydrogens is 380 g/mol. The number of aromatic nitrogens is 3. The van der Waals surface area contributed by atoms with Crippen molar-refractivity contribution in [2.45, 2.75) is 45.7 Å². The molecule has 142 valence electrons. The van der Waals surface area contributed by atoms with E-state index in [1.165, 1.54) is 4.68 Å². The maximum atomic E-state index is 12.6. The van der Waals surface area contributed by atoms with Gasteiger partial charge in [0, 0.05) is 10.8 Å². The lowest BCUT2D eigenvalue weighted by atomic mass is 9.93. The second-order valence-corrected chi connectivity index (χ2v) is 8.78. The van der Waals surface area contributed by atoms with Gasteiger partial charge in [0.25, 0.3) is 5.56 Å². The average molecular weight is 403 g/mol. The number of anilines is 1. The monoisotopic (exact) mass is 402 g/mol. The van der Waals surface area contributed by atoms with Gasteiger partial charge in [0.2, 0.25) is 0 Å². The van der Waals surface area contributed by atoms with Crippen molar-refractivity contribution in [1.82, 2.24) is 14.8 Å². The van der Waals surface area contributed by atoms with E-state index < -0.39 is 0 Å². The van der Waals surface area contributed by atoms with Crippen LogP contribution in [0.3, 0.4) is 0 Å². The molecule has 0 saturated heterocycles. The van der Waals surface area contributed by atoms with E-state index in [0.29, 0.717) is 12.2 Å². The third-order valence-electron chi connectivity index (χ3n) is 4.19. The Bertz CT molecular complexity index is 976. The van der Waals surface area contributed by atoms with Crippen LogP contribution in [-0.2, 0) is 12.0 Å². The van der Waals surface area contributed by atoms with Crippen LogP contribution in [0, 0.1) is 0 Å². The van der Waals surface area contributed by atoms with E-state index >= 15 is 0 Å². The molecule has 2 heterocycles. The molecule has 0 bridgehead atoms. The van der Waals surface area contributed by atoms with Gasteiger partial charge in [-0.05, 0) is 12.5 Å². The Kier molecular flexibility index (Phi) is 5.67. The summed E-state index contributed by atoms with van der Waals surface area (Å²) < 4.78 is 1.37. The first-order chi connectivity index (χ1) is 12.8. The molecule has 0 saturated carbocycles. The highest BCUT2D eigenvalue weighted by atomic mass is 35.5. The summed E-state index contributed by atoms with van der Waals surface area (Å²) in [5.74, 6) is 0. The molecule has 3 aromatic rings. The lowest BCUT2D eigenvalue weighted by Gasteiger charge is -2.16. The Morgan fingerprint density at radius 2 is 1.96 bits per heavy atom. The molecule has 0 radical (unpaired) electrons. The van der Waals surface area contributed by atoms with E-state index in [1.807, 2.05) is 37.3 Å². The van der Waals surface area contributed by atoms with Crippen LogP contribution in [0.1, 0.15) is 50.0 Å². The van der Waals surface area contributed by atoms with E-state index in [4.69, 9.17) is 16.6 Å². The fraction of sp³-hybridized carbons (Fsp3) is 0.350. The molecule has 0 amide bonds. The molecule has 27 heavy (non-hydrogen) atoms. The molecule has 0 aliphatic heterocycles. The minimum Gasteiger partial charge on any atom is -0.373 e. The van der Waals surface area contributed by atoms with Crippen molar-refractivity contribution in [3.05, 3.63) is 73.6 Å². The van der Waals surface area contributed by atoms with Crippen LogP contribution in [0.4, 0.5) is 5.69 Å². The summed E-state index contributed by atoms with van der Waals surface area (Å²) in [6.07, 6.45) is 1.60. The summed E-state index contributed by atoms with van der Waals surface area (Å²) >= 11 is 7.92. The van der Waals surface area contributed by atoms with Gasteiger partial charge >= 0.3 is 0 Å². The highest BCUT2D eigenvalue weighted by Gasteiger charge is 2.20. The molecule has 1 atom stereocenters. The number of thiazole rings is 1. The standard InChI is InChI=1S/C20H23ClN4OS/c1-13(18-24-16(12-27-18)20(2,3)4)23-15-10-22-25(19(26)17(15)21)11-14-8-6-5-7-9-14/h5-10,12-13,23H,11H2,1-4H3. The Morgan fingerprint density at radius 1 is 1.26 bits per heavy atom. The maximum Gasteiger partial charge on any atom is 0.287 e. The van der Waals surface area contributed by atoms with Gasteiger partial charge in [-0.2, -0.15) is 5.10 Å². The van der Waals surface area contributed by atoms with E-state index in [9.17, 15) is 4.79 Å². The molecule has 1 unspecified atom stereocenters. The molecule has 5 nitrogen and oxygen atoms in total. The third kappa shape index (κ3) is 4.57. The van der Waals surface area contributed by atoms with Crippen molar-refractivity contribution in [2.24, 2.45) is 0 Å². The second kappa shape index (κ2) is 7.82. The van der Waals surface area contributed by atoms with Crippen molar-refractivity contribution >= 4 is 28.6 Å². The summed E-state index contributed by atoms with van der Waals surface area (Å²) in [6.45, 7) is 8.79. The summed E-state index contributed by atoms with van der Waals surface area (Å²) in [6, 6.07) is 9.62. The predicted octanol–water partition coefficient (Wildman–Crippen LogP) is 4.87. The van der Waals surface area contributed by atoms with Gasteiger partial charge in [-0.3, -0.25) is 4.79 Å². The quantitative estimate of drug-likeness (QED) is 0.661. The van der Waals surface area contributed by atoms with Gasteiger partial charge in [0.05, 0.1) is 30.2 Å². The first kappa shape index (κ1) is 19.6. The molecule has 1 aromatic carbocycles. The lowest BCUT2D eigenvalue weighted by molar-refractivity contribution is 0.569. The summed E-state index contributed by atoms with van der Waals surface area (Å²) in [4.78, 5) is 17.3. The average Bonchev–Trinajstić information content (AvgIpc) is 3.13. The number of nitrogens with one attached hydrogen (secondary N) is 1. The van der Waals surface area contributed by atoms with Crippen LogP contribution >= 0.6 is 22.9 Å². The zero-order valence-corrected chi connectivity index (χ0v) is 17.4. The Balaban J connectivity index is 1.78. The van der Waals surface area contributed by atoms with Crippen LogP contribution in [0.5, 0.6) is 0 Å². The van der Waals surface area contributed by atoms with Crippen molar-refractivity contribution in [1.29, 1.82) is 0 Å². The molecule has 2 aromatic heterocycles.